The number of anilines is 1. The fourth-order valence-corrected chi connectivity index (χ4v) is 2.58. The van der Waals surface area contributed by atoms with Gasteiger partial charge in [-0.25, -0.2) is 9.59 Å². The van der Waals surface area contributed by atoms with Gasteiger partial charge in [-0.05, 0) is 12.1 Å². The Morgan fingerprint density at radius 2 is 1.85 bits per heavy atom. The maximum absolute atomic E-state index is 12.6. The third-order valence-electron chi connectivity index (χ3n) is 3.93. The van der Waals surface area contributed by atoms with Gasteiger partial charge in [0.2, 0.25) is 0 Å². The fraction of sp³-hybridized carbons (Fsp3) is 0.353. The monoisotopic (exact) mass is 380 g/mol. The lowest BCUT2D eigenvalue weighted by Gasteiger charge is -2.16. The van der Waals surface area contributed by atoms with Crippen molar-refractivity contribution in [2.45, 2.75) is 0 Å². The van der Waals surface area contributed by atoms with E-state index in [0.717, 1.165) is 0 Å². The van der Waals surface area contributed by atoms with E-state index in [-0.39, 0.29) is 53.7 Å². The van der Waals surface area contributed by atoms with E-state index in [4.69, 9.17) is 14.6 Å². The molecule has 0 aromatic heterocycles. The van der Waals surface area contributed by atoms with Crippen LogP contribution in [0.15, 0.2) is 23.4 Å². The quantitative estimate of drug-likeness (QED) is 0.436. The van der Waals surface area contributed by atoms with Crippen molar-refractivity contribution in [2.75, 3.05) is 46.3 Å². The number of nitrogens with one attached hydrogen (secondary N) is 1. The molecule has 0 atom stereocenters. The predicted molar refractivity (Wildman–Crippen MR) is 92.3 cm³/mol. The van der Waals surface area contributed by atoms with Crippen molar-refractivity contribution in [3.8, 4) is 11.5 Å². The van der Waals surface area contributed by atoms with Crippen LogP contribution in [0.4, 0.5) is 5.69 Å². The van der Waals surface area contributed by atoms with E-state index in [9.17, 15) is 19.5 Å². The summed E-state index contributed by atoms with van der Waals surface area (Å²) < 4.78 is 14.4. The summed E-state index contributed by atoms with van der Waals surface area (Å²) in [6, 6.07) is 2.53. The van der Waals surface area contributed by atoms with Crippen molar-refractivity contribution < 1.29 is 38.8 Å². The zero-order valence-corrected chi connectivity index (χ0v) is 15.1. The molecule has 27 heavy (non-hydrogen) atoms. The number of β-amino-alcohol motifs (C(OH)–C–C–N with tert-alkyl or cyclic N) is 1. The van der Waals surface area contributed by atoms with Gasteiger partial charge in [0.05, 0.1) is 51.3 Å². The van der Waals surface area contributed by atoms with E-state index in [1.54, 1.807) is 0 Å². The number of benzene rings is 1. The van der Waals surface area contributed by atoms with Crippen LogP contribution in [-0.2, 0) is 19.1 Å². The van der Waals surface area contributed by atoms with Crippen LogP contribution in [-0.4, -0.2) is 74.0 Å². The molecule has 3 N–H and O–H groups in total. The molecule has 2 rings (SSSR count). The van der Waals surface area contributed by atoms with Crippen LogP contribution in [0.25, 0.3) is 0 Å². The smallest absolute Gasteiger partial charge is 0.338 e. The minimum atomic E-state index is -0.734. The number of esters is 2. The van der Waals surface area contributed by atoms with Crippen molar-refractivity contribution in [1.82, 2.24) is 4.90 Å². The van der Waals surface area contributed by atoms with E-state index >= 15 is 0 Å². The van der Waals surface area contributed by atoms with Gasteiger partial charge in [-0.15, -0.1) is 0 Å². The number of carbonyl (C=O) groups excluding carboxylic acids is 3. The Labute approximate surface area is 154 Å². The highest BCUT2D eigenvalue weighted by atomic mass is 16.5. The molecule has 10 heteroatoms. The lowest BCUT2D eigenvalue weighted by molar-refractivity contribution is -0.136. The van der Waals surface area contributed by atoms with Crippen LogP contribution >= 0.6 is 0 Å². The second kappa shape index (κ2) is 8.41. The Hall–Kier alpha value is -3.27. The van der Waals surface area contributed by atoms with Gasteiger partial charge in [-0.2, -0.15) is 0 Å². The van der Waals surface area contributed by atoms with Gasteiger partial charge < -0.3 is 34.6 Å². The number of phenols is 1. The number of methoxy groups -OCH3 is 3. The number of aliphatic hydroxyl groups excluding tert-OH is 1. The standard InChI is InChI=1S/C17H20N2O8/c1-25-12-7-9(16(23)26-2)6-11(14(12)21)18-13-10(17(24)27-3)8-19(4-5-20)15(13)22/h6-7,18,20-21H,4-5,8H2,1-3H3. The topological polar surface area (TPSA) is 135 Å². The van der Waals surface area contributed by atoms with Gasteiger partial charge in [0.25, 0.3) is 5.91 Å². The molecule has 0 aliphatic carbocycles. The Bertz CT molecular complexity index is 802. The molecule has 10 nitrogen and oxygen atoms in total. The zero-order chi connectivity index (χ0) is 20.1. The summed E-state index contributed by atoms with van der Waals surface area (Å²) in [5.41, 5.74) is -0.0784. The van der Waals surface area contributed by atoms with E-state index in [1.165, 1.54) is 38.4 Å². The fourth-order valence-electron chi connectivity index (χ4n) is 2.58. The molecule has 0 bridgehead atoms. The minimum absolute atomic E-state index is 0.0159. The molecule has 0 saturated heterocycles. The maximum Gasteiger partial charge on any atom is 0.338 e. The maximum atomic E-state index is 12.6. The third kappa shape index (κ3) is 3.95. The Balaban J connectivity index is 2.50. The molecule has 1 aliphatic rings. The second-order valence-electron chi connectivity index (χ2n) is 5.49. The number of amides is 1. The van der Waals surface area contributed by atoms with Gasteiger partial charge in [0, 0.05) is 6.54 Å². The number of aliphatic hydroxyl groups is 1. The van der Waals surface area contributed by atoms with Gasteiger partial charge in [-0.1, -0.05) is 0 Å². The summed E-state index contributed by atoms with van der Waals surface area (Å²) in [7, 11) is 3.66. The molecular weight excluding hydrogens is 360 g/mol. The molecule has 1 aliphatic heterocycles. The first-order chi connectivity index (χ1) is 12.9. The zero-order valence-electron chi connectivity index (χ0n) is 15.1. The third-order valence-corrected chi connectivity index (χ3v) is 3.93. The molecular formula is C17H20N2O8. The summed E-state index contributed by atoms with van der Waals surface area (Å²) in [5.74, 6) is -2.38. The highest BCUT2D eigenvalue weighted by Crippen LogP contribution is 2.37. The number of hydrogen-bond donors (Lipinski definition) is 3. The van der Waals surface area contributed by atoms with Crippen LogP contribution in [0.3, 0.4) is 0 Å². The second-order valence-corrected chi connectivity index (χ2v) is 5.49. The Kier molecular flexibility index (Phi) is 6.24. The summed E-state index contributed by atoms with van der Waals surface area (Å²) in [6.07, 6.45) is 0. The van der Waals surface area contributed by atoms with Gasteiger partial charge in [0.1, 0.15) is 5.70 Å². The SMILES string of the molecule is COC(=O)C1=C(Nc2cc(C(=O)OC)cc(OC)c2O)C(=O)N(CCO)C1. The molecule has 0 saturated carbocycles. The minimum Gasteiger partial charge on any atom is -0.503 e. The van der Waals surface area contributed by atoms with Crippen molar-refractivity contribution >= 4 is 23.5 Å². The van der Waals surface area contributed by atoms with E-state index in [2.05, 4.69) is 10.1 Å². The van der Waals surface area contributed by atoms with Gasteiger partial charge >= 0.3 is 11.9 Å². The summed E-state index contributed by atoms with van der Waals surface area (Å²) in [5, 5.41) is 22.1. The molecule has 1 heterocycles. The largest absolute Gasteiger partial charge is 0.503 e. The van der Waals surface area contributed by atoms with Crippen LogP contribution in [0.5, 0.6) is 11.5 Å². The van der Waals surface area contributed by atoms with Gasteiger partial charge in [-0.3, -0.25) is 4.79 Å². The first-order valence-electron chi connectivity index (χ1n) is 7.85. The lowest BCUT2D eigenvalue weighted by Crippen LogP contribution is -2.31. The van der Waals surface area contributed by atoms with Crippen LogP contribution in [0, 0.1) is 0 Å². The Morgan fingerprint density at radius 3 is 2.41 bits per heavy atom. The number of carbonyl (C=O) groups is 3. The number of aromatic hydroxyl groups is 1. The molecule has 1 aromatic rings. The first kappa shape index (κ1) is 20.0. The molecule has 1 aromatic carbocycles. The lowest BCUT2D eigenvalue weighted by atomic mass is 10.1. The highest BCUT2D eigenvalue weighted by molar-refractivity contribution is 6.09. The first-order valence-corrected chi connectivity index (χ1v) is 7.85. The number of rotatable bonds is 7. The average Bonchev–Trinajstić information content (AvgIpc) is 2.98. The summed E-state index contributed by atoms with van der Waals surface area (Å²) >= 11 is 0. The van der Waals surface area contributed by atoms with Crippen molar-refractivity contribution in [2.24, 2.45) is 0 Å². The van der Waals surface area contributed by atoms with E-state index in [1.807, 2.05) is 0 Å². The van der Waals surface area contributed by atoms with E-state index in [0.29, 0.717) is 0 Å². The van der Waals surface area contributed by atoms with Gasteiger partial charge in [0.15, 0.2) is 11.5 Å². The average molecular weight is 380 g/mol. The van der Waals surface area contributed by atoms with Crippen LogP contribution < -0.4 is 10.1 Å². The number of hydrogen-bond acceptors (Lipinski definition) is 9. The normalized spacial score (nSPS) is 13.6. The molecule has 146 valence electrons. The van der Waals surface area contributed by atoms with E-state index < -0.39 is 17.8 Å². The molecule has 0 spiro atoms. The molecule has 1 amide bonds. The van der Waals surface area contributed by atoms with Crippen LogP contribution in [0.2, 0.25) is 0 Å². The number of ether oxygens (including phenoxy) is 3. The Morgan fingerprint density at radius 1 is 1.19 bits per heavy atom. The predicted octanol–water partition coefficient (Wildman–Crippen LogP) is -0.139. The molecule has 0 fully saturated rings. The number of nitrogens with zero attached hydrogens (tertiary/aromatic N) is 1. The van der Waals surface area contributed by atoms with Crippen LogP contribution in [0.1, 0.15) is 10.4 Å². The highest BCUT2D eigenvalue weighted by Gasteiger charge is 2.35. The molecule has 0 unspecified atom stereocenters. The van der Waals surface area contributed by atoms with Crippen molar-refractivity contribution in [3.05, 3.63) is 29.0 Å². The summed E-state index contributed by atoms with van der Waals surface area (Å²) in [6.45, 7) is -0.338. The number of phenolic OH excluding ortho intramolecular Hbond substituents is 1. The van der Waals surface area contributed by atoms with Crippen molar-refractivity contribution in [3.63, 3.8) is 0 Å². The van der Waals surface area contributed by atoms with Crippen molar-refractivity contribution in [1.29, 1.82) is 0 Å². The summed E-state index contributed by atoms with van der Waals surface area (Å²) in [4.78, 5) is 37.6. The molecule has 0 radical (unpaired) electrons.